The van der Waals surface area contributed by atoms with Gasteiger partial charge in [0.05, 0.1) is 4.92 Å². The van der Waals surface area contributed by atoms with Crippen LogP contribution in [0, 0.1) is 10.1 Å². The standard InChI is InChI=1S/C18H12N4O5/c23-17(15-7-10-6-12(22(26)27)2-4-14(10)20-15)19-11-1-3-13-9(5-11)8-16(21-13)18(24)25/h1-8,20-21H,(H,19,23)(H,24,25). The van der Waals surface area contributed by atoms with Gasteiger partial charge in [-0.3, -0.25) is 14.9 Å². The summed E-state index contributed by atoms with van der Waals surface area (Å²) in [6.45, 7) is 0. The quantitative estimate of drug-likeness (QED) is 0.324. The normalized spacial score (nSPS) is 11.0. The van der Waals surface area contributed by atoms with Crippen molar-refractivity contribution in [2.75, 3.05) is 5.32 Å². The van der Waals surface area contributed by atoms with Crippen molar-refractivity contribution < 1.29 is 19.6 Å². The fourth-order valence-electron chi connectivity index (χ4n) is 2.88. The molecular formula is C18H12N4O5. The number of nitrogens with zero attached hydrogens (tertiary/aromatic N) is 1. The van der Waals surface area contributed by atoms with Gasteiger partial charge in [0, 0.05) is 39.6 Å². The van der Waals surface area contributed by atoms with Gasteiger partial charge in [0.1, 0.15) is 11.4 Å². The van der Waals surface area contributed by atoms with Crippen LogP contribution in [0.15, 0.2) is 48.5 Å². The summed E-state index contributed by atoms with van der Waals surface area (Å²) in [4.78, 5) is 39.5. The van der Waals surface area contributed by atoms with E-state index in [1.165, 1.54) is 24.3 Å². The van der Waals surface area contributed by atoms with E-state index in [1.807, 2.05) is 0 Å². The number of amides is 1. The molecule has 0 fully saturated rings. The Kier molecular flexibility index (Phi) is 3.62. The number of hydrogen-bond donors (Lipinski definition) is 4. The van der Waals surface area contributed by atoms with Gasteiger partial charge >= 0.3 is 5.97 Å². The summed E-state index contributed by atoms with van der Waals surface area (Å²) in [6, 6.07) is 12.3. The first-order valence-electron chi connectivity index (χ1n) is 7.85. The molecule has 9 heteroatoms. The first kappa shape index (κ1) is 16.3. The molecule has 0 aliphatic heterocycles. The third-order valence-electron chi connectivity index (χ3n) is 4.17. The number of nitrogens with one attached hydrogen (secondary N) is 3. The molecule has 27 heavy (non-hydrogen) atoms. The summed E-state index contributed by atoms with van der Waals surface area (Å²) in [6.07, 6.45) is 0. The molecule has 0 saturated heterocycles. The molecule has 0 aliphatic carbocycles. The number of fused-ring (bicyclic) bond motifs is 2. The highest BCUT2D eigenvalue weighted by atomic mass is 16.6. The van der Waals surface area contributed by atoms with Crippen molar-refractivity contribution in [1.82, 2.24) is 9.97 Å². The van der Waals surface area contributed by atoms with E-state index in [0.29, 0.717) is 27.5 Å². The van der Waals surface area contributed by atoms with Gasteiger partial charge in [0.15, 0.2) is 0 Å². The molecule has 0 bridgehead atoms. The van der Waals surface area contributed by atoms with Crippen LogP contribution in [-0.2, 0) is 0 Å². The Hall–Kier alpha value is -4.14. The summed E-state index contributed by atoms with van der Waals surface area (Å²) in [5.41, 5.74) is 2.01. The third kappa shape index (κ3) is 2.97. The predicted octanol–water partition coefficient (Wildman–Crippen LogP) is 3.51. The molecular weight excluding hydrogens is 352 g/mol. The summed E-state index contributed by atoms with van der Waals surface area (Å²) in [7, 11) is 0. The molecule has 134 valence electrons. The molecule has 1 amide bonds. The molecule has 0 radical (unpaired) electrons. The highest BCUT2D eigenvalue weighted by Crippen LogP contribution is 2.23. The summed E-state index contributed by atoms with van der Waals surface area (Å²) >= 11 is 0. The number of benzene rings is 2. The maximum absolute atomic E-state index is 12.5. The smallest absolute Gasteiger partial charge is 0.352 e. The van der Waals surface area contributed by atoms with Crippen molar-refractivity contribution >= 4 is 45.1 Å². The van der Waals surface area contributed by atoms with Gasteiger partial charge in [0.25, 0.3) is 11.6 Å². The first-order valence-corrected chi connectivity index (χ1v) is 7.85. The number of carbonyl (C=O) groups excluding carboxylic acids is 1. The Morgan fingerprint density at radius 1 is 0.926 bits per heavy atom. The summed E-state index contributed by atoms with van der Waals surface area (Å²) in [5, 5.41) is 23.8. The van der Waals surface area contributed by atoms with Crippen LogP contribution in [0.4, 0.5) is 11.4 Å². The zero-order valence-electron chi connectivity index (χ0n) is 13.6. The number of nitro groups is 1. The number of carbonyl (C=O) groups is 2. The molecule has 0 saturated carbocycles. The Bertz CT molecular complexity index is 1240. The lowest BCUT2D eigenvalue weighted by Crippen LogP contribution is -2.11. The highest BCUT2D eigenvalue weighted by Gasteiger charge is 2.14. The Balaban J connectivity index is 1.61. The lowest BCUT2D eigenvalue weighted by atomic mass is 10.2. The third-order valence-corrected chi connectivity index (χ3v) is 4.17. The van der Waals surface area contributed by atoms with Crippen LogP contribution in [0.1, 0.15) is 21.0 Å². The minimum absolute atomic E-state index is 0.0550. The number of nitro benzene ring substituents is 1. The number of carboxylic acid groups (broad SMARTS) is 1. The second-order valence-corrected chi connectivity index (χ2v) is 5.96. The topological polar surface area (TPSA) is 141 Å². The van der Waals surface area contributed by atoms with E-state index in [2.05, 4.69) is 15.3 Å². The second-order valence-electron chi connectivity index (χ2n) is 5.96. The molecule has 2 aromatic carbocycles. The average Bonchev–Trinajstić information content (AvgIpc) is 3.24. The molecule has 0 atom stereocenters. The van der Waals surface area contributed by atoms with Gasteiger partial charge in [-0.05, 0) is 36.4 Å². The molecule has 4 rings (SSSR count). The molecule has 0 spiro atoms. The maximum Gasteiger partial charge on any atom is 0.352 e. The highest BCUT2D eigenvalue weighted by molar-refractivity contribution is 6.07. The van der Waals surface area contributed by atoms with E-state index in [0.717, 1.165) is 0 Å². The van der Waals surface area contributed by atoms with Crippen molar-refractivity contribution in [1.29, 1.82) is 0 Å². The fourth-order valence-corrected chi connectivity index (χ4v) is 2.88. The monoisotopic (exact) mass is 364 g/mol. The van der Waals surface area contributed by atoms with Crippen LogP contribution in [0.5, 0.6) is 0 Å². The average molecular weight is 364 g/mol. The van der Waals surface area contributed by atoms with E-state index in [1.54, 1.807) is 24.3 Å². The number of aromatic amines is 2. The SMILES string of the molecule is O=C(O)c1cc2cc(NC(=O)c3cc4cc([N+](=O)[O-])ccc4[nH]3)ccc2[nH]1. The van der Waals surface area contributed by atoms with Crippen molar-refractivity contribution in [3.63, 3.8) is 0 Å². The van der Waals surface area contributed by atoms with E-state index in [-0.39, 0.29) is 17.1 Å². The van der Waals surface area contributed by atoms with Gasteiger partial charge in [-0.2, -0.15) is 0 Å². The van der Waals surface area contributed by atoms with E-state index in [4.69, 9.17) is 5.11 Å². The number of hydrogen-bond acceptors (Lipinski definition) is 4. The van der Waals surface area contributed by atoms with E-state index in [9.17, 15) is 19.7 Å². The van der Waals surface area contributed by atoms with Gasteiger partial charge in [-0.15, -0.1) is 0 Å². The Morgan fingerprint density at radius 2 is 1.56 bits per heavy atom. The van der Waals surface area contributed by atoms with Gasteiger partial charge in [-0.1, -0.05) is 0 Å². The van der Waals surface area contributed by atoms with Crippen LogP contribution >= 0.6 is 0 Å². The Labute approximate surface area is 150 Å². The number of carboxylic acids is 1. The van der Waals surface area contributed by atoms with Crippen LogP contribution in [-0.4, -0.2) is 31.9 Å². The van der Waals surface area contributed by atoms with E-state index >= 15 is 0 Å². The first-order chi connectivity index (χ1) is 12.9. The van der Waals surface area contributed by atoms with Gasteiger partial charge in [-0.25, -0.2) is 4.79 Å². The second kappa shape index (κ2) is 5.99. The van der Waals surface area contributed by atoms with Crippen molar-refractivity contribution in [2.45, 2.75) is 0 Å². The number of non-ortho nitro benzene ring substituents is 1. The minimum atomic E-state index is -1.07. The summed E-state index contributed by atoms with van der Waals surface area (Å²) < 4.78 is 0. The largest absolute Gasteiger partial charge is 0.477 e. The van der Waals surface area contributed by atoms with Crippen molar-refractivity contribution in [3.05, 3.63) is 70.0 Å². The van der Waals surface area contributed by atoms with Gasteiger partial charge in [0.2, 0.25) is 0 Å². The maximum atomic E-state index is 12.5. The van der Waals surface area contributed by atoms with Crippen LogP contribution in [0.25, 0.3) is 21.8 Å². The Morgan fingerprint density at radius 3 is 2.26 bits per heavy atom. The lowest BCUT2D eigenvalue weighted by molar-refractivity contribution is -0.384. The van der Waals surface area contributed by atoms with Crippen molar-refractivity contribution in [2.24, 2.45) is 0 Å². The molecule has 2 heterocycles. The number of aromatic carboxylic acids is 1. The van der Waals surface area contributed by atoms with Crippen LogP contribution in [0.3, 0.4) is 0 Å². The molecule has 0 unspecified atom stereocenters. The van der Waals surface area contributed by atoms with Gasteiger partial charge < -0.3 is 20.4 Å². The number of aromatic nitrogens is 2. The predicted molar refractivity (Wildman–Crippen MR) is 98.2 cm³/mol. The molecule has 2 aromatic heterocycles. The minimum Gasteiger partial charge on any atom is -0.477 e. The number of H-pyrrole nitrogens is 2. The molecule has 9 nitrogen and oxygen atoms in total. The van der Waals surface area contributed by atoms with Crippen LogP contribution in [0.2, 0.25) is 0 Å². The number of anilines is 1. The summed E-state index contributed by atoms with van der Waals surface area (Å²) in [5.74, 6) is -1.48. The van der Waals surface area contributed by atoms with E-state index < -0.39 is 16.8 Å². The molecule has 0 aliphatic rings. The van der Waals surface area contributed by atoms with Crippen molar-refractivity contribution in [3.8, 4) is 0 Å². The fraction of sp³-hybridized carbons (Fsp3) is 0. The lowest BCUT2D eigenvalue weighted by Gasteiger charge is -2.03. The zero-order chi connectivity index (χ0) is 19.1. The van der Waals surface area contributed by atoms with Crippen LogP contribution < -0.4 is 5.32 Å². The number of rotatable bonds is 4. The molecule has 4 N–H and O–H groups in total. The molecule has 4 aromatic rings. The zero-order valence-corrected chi connectivity index (χ0v) is 13.6.